The molecular weight excluding hydrogens is 144 g/mol. The standard InChI is InChI=1S/C7H12N2S/c1-3-5(2)6-4-8-7(10)9-6/h4-5H,3H2,1-2H3,(H2,8,9,10)/t5-/m0/s1. The molecule has 1 heterocycles. The van der Waals surface area contributed by atoms with Gasteiger partial charge in [0.1, 0.15) is 0 Å². The molecule has 0 amide bonds. The zero-order chi connectivity index (χ0) is 7.56. The Bertz CT molecular complexity index is 248. The zero-order valence-corrected chi connectivity index (χ0v) is 7.09. The molecule has 1 aromatic heterocycles. The van der Waals surface area contributed by atoms with Gasteiger partial charge in [-0.2, -0.15) is 0 Å². The first-order chi connectivity index (χ1) is 4.74. The second kappa shape index (κ2) is 3.01. The van der Waals surface area contributed by atoms with E-state index in [0.29, 0.717) is 5.92 Å². The maximum atomic E-state index is 4.89. The smallest absolute Gasteiger partial charge is 0.174 e. The summed E-state index contributed by atoms with van der Waals surface area (Å²) in [7, 11) is 0. The highest BCUT2D eigenvalue weighted by molar-refractivity contribution is 7.71. The number of H-pyrrole nitrogens is 2. The van der Waals surface area contributed by atoms with Crippen molar-refractivity contribution in [1.82, 2.24) is 9.97 Å². The monoisotopic (exact) mass is 156 g/mol. The summed E-state index contributed by atoms with van der Waals surface area (Å²) in [6.45, 7) is 4.34. The summed E-state index contributed by atoms with van der Waals surface area (Å²) in [4.78, 5) is 6.03. The molecule has 0 saturated carbocycles. The predicted molar refractivity (Wildman–Crippen MR) is 44.7 cm³/mol. The molecule has 2 nitrogen and oxygen atoms in total. The average molecular weight is 156 g/mol. The fourth-order valence-corrected chi connectivity index (χ4v) is 1.01. The number of imidazole rings is 1. The van der Waals surface area contributed by atoms with E-state index in [-0.39, 0.29) is 0 Å². The van der Waals surface area contributed by atoms with Gasteiger partial charge in [0.25, 0.3) is 0 Å². The molecular formula is C7H12N2S. The summed E-state index contributed by atoms with van der Waals surface area (Å²) in [6, 6.07) is 0. The molecule has 0 aliphatic rings. The van der Waals surface area contributed by atoms with Crippen molar-refractivity contribution < 1.29 is 0 Å². The van der Waals surface area contributed by atoms with Crippen molar-refractivity contribution in [2.24, 2.45) is 0 Å². The first-order valence-corrected chi connectivity index (χ1v) is 3.92. The van der Waals surface area contributed by atoms with Gasteiger partial charge in [0.15, 0.2) is 4.77 Å². The molecule has 0 spiro atoms. The van der Waals surface area contributed by atoms with E-state index in [1.54, 1.807) is 0 Å². The highest BCUT2D eigenvalue weighted by Gasteiger charge is 2.02. The van der Waals surface area contributed by atoms with Gasteiger partial charge in [0, 0.05) is 11.9 Å². The lowest BCUT2D eigenvalue weighted by molar-refractivity contribution is 0.712. The second-order valence-electron chi connectivity index (χ2n) is 2.51. The lowest BCUT2D eigenvalue weighted by Gasteiger charge is -2.02. The van der Waals surface area contributed by atoms with Gasteiger partial charge in [-0.3, -0.25) is 0 Å². The molecule has 0 radical (unpaired) electrons. The van der Waals surface area contributed by atoms with Crippen LogP contribution >= 0.6 is 12.2 Å². The lowest BCUT2D eigenvalue weighted by atomic mass is 10.1. The van der Waals surface area contributed by atoms with Crippen LogP contribution in [0.3, 0.4) is 0 Å². The van der Waals surface area contributed by atoms with Crippen molar-refractivity contribution in [2.75, 3.05) is 0 Å². The third kappa shape index (κ3) is 1.48. The Balaban J connectivity index is 2.84. The normalized spacial score (nSPS) is 13.4. The molecule has 1 aromatic rings. The van der Waals surface area contributed by atoms with Crippen LogP contribution < -0.4 is 0 Å². The number of aromatic amines is 2. The SMILES string of the molecule is CC[C@H](C)c1c[nH]c(=S)[nH]1. The third-order valence-electron chi connectivity index (χ3n) is 1.76. The minimum atomic E-state index is 0.577. The lowest BCUT2D eigenvalue weighted by Crippen LogP contribution is -1.89. The van der Waals surface area contributed by atoms with Gasteiger partial charge in [0.05, 0.1) is 0 Å². The quantitative estimate of drug-likeness (QED) is 0.634. The highest BCUT2D eigenvalue weighted by atomic mass is 32.1. The Morgan fingerprint density at radius 2 is 2.40 bits per heavy atom. The van der Waals surface area contributed by atoms with E-state index >= 15 is 0 Å². The van der Waals surface area contributed by atoms with Crippen LogP contribution in [-0.2, 0) is 0 Å². The summed E-state index contributed by atoms with van der Waals surface area (Å²) in [6.07, 6.45) is 3.08. The van der Waals surface area contributed by atoms with Crippen molar-refractivity contribution in [2.45, 2.75) is 26.2 Å². The van der Waals surface area contributed by atoms with E-state index in [9.17, 15) is 0 Å². The summed E-state index contributed by atoms with van der Waals surface area (Å²) < 4.78 is 0.718. The number of nitrogens with one attached hydrogen (secondary N) is 2. The van der Waals surface area contributed by atoms with Crippen molar-refractivity contribution in [3.8, 4) is 0 Å². The third-order valence-corrected chi connectivity index (χ3v) is 1.98. The Morgan fingerprint density at radius 1 is 1.70 bits per heavy atom. The summed E-state index contributed by atoms with van der Waals surface area (Å²) >= 11 is 4.89. The molecule has 0 fully saturated rings. The molecule has 3 heteroatoms. The van der Waals surface area contributed by atoms with Crippen molar-refractivity contribution >= 4 is 12.2 Å². The van der Waals surface area contributed by atoms with Gasteiger partial charge in [-0.05, 0) is 24.6 Å². The predicted octanol–water partition coefficient (Wildman–Crippen LogP) is 2.59. The van der Waals surface area contributed by atoms with Crippen LogP contribution in [-0.4, -0.2) is 9.97 Å². The van der Waals surface area contributed by atoms with Crippen LogP contribution in [0, 0.1) is 4.77 Å². The maximum absolute atomic E-state index is 4.89. The van der Waals surface area contributed by atoms with Gasteiger partial charge in [-0.15, -0.1) is 0 Å². The maximum Gasteiger partial charge on any atom is 0.174 e. The van der Waals surface area contributed by atoms with Gasteiger partial charge >= 0.3 is 0 Å². The number of hydrogen-bond acceptors (Lipinski definition) is 1. The topological polar surface area (TPSA) is 31.6 Å². The average Bonchev–Trinajstić information content (AvgIpc) is 2.34. The first-order valence-electron chi connectivity index (χ1n) is 3.51. The van der Waals surface area contributed by atoms with Gasteiger partial charge in [0.2, 0.25) is 0 Å². The fraction of sp³-hybridized carbons (Fsp3) is 0.571. The number of aromatic nitrogens is 2. The van der Waals surface area contributed by atoms with Crippen molar-refractivity contribution in [3.05, 3.63) is 16.7 Å². The van der Waals surface area contributed by atoms with E-state index in [1.165, 1.54) is 5.69 Å². The van der Waals surface area contributed by atoms with E-state index in [4.69, 9.17) is 12.2 Å². The van der Waals surface area contributed by atoms with Crippen LogP contribution in [0.15, 0.2) is 6.20 Å². The Hall–Kier alpha value is -0.570. The zero-order valence-electron chi connectivity index (χ0n) is 6.27. The van der Waals surface area contributed by atoms with Crippen molar-refractivity contribution in [1.29, 1.82) is 0 Å². The number of rotatable bonds is 2. The summed E-state index contributed by atoms with van der Waals surface area (Å²) in [5.74, 6) is 0.577. The molecule has 2 N–H and O–H groups in total. The van der Waals surface area contributed by atoms with Crippen LogP contribution in [0.2, 0.25) is 0 Å². The molecule has 10 heavy (non-hydrogen) atoms. The molecule has 56 valence electrons. The van der Waals surface area contributed by atoms with Crippen LogP contribution in [0.25, 0.3) is 0 Å². The van der Waals surface area contributed by atoms with Crippen LogP contribution in [0.4, 0.5) is 0 Å². The van der Waals surface area contributed by atoms with E-state index in [2.05, 4.69) is 23.8 Å². The molecule has 0 bridgehead atoms. The van der Waals surface area contributed by atoms with E-state index < -0.39 is 0 Å². The molecule has 0 aromatic carbocycles. The van der Waals surface area contributed by atoms with Crippen LogP contribution in [0.5, 0.6) is 0 Å². The largest absolute Gasteiger partial charge is 0.337 e. The molecule has 1 atom stereocenters. The Morgan fingerprint density at radius 3 is 2.80 bits per heavy atom. The van der Waals surface area contributed by atoms with Crippen LogP contribution in [0.1, 0.15) is 31.9 Å². The summed E-state index contributed by atoms with van der Waals surface area (Å²) in [5, 5.41) is 0. The van der Waals surface area contributed by atoms with Crippen molar-refractivity contribution in [3.63, 3.8) is 0 Å². The van der Waals surface area contributed by atoms with E-state index in [1.807, 2.05) is 6.20 Å². The molecule has 0 aliphatic carbocycles. The van der Waals surface area contributed by atoms with Gasteiger partial charge in [-0.1, -0.05) is 13.8 Å². The second-order valence-corrected chi connectivity index (χ2v) is 2.92. The summed E-state index contributed by atoms with van der Waals surface area (Å²) in [5.41, 5.74) is 1.20. The highest BCUT2D eigenvalue weighted by Crippen LogP contribution is 2.14. The first kappa shape index (κ1) is 7.54. The van der Waals surface area contributed by atoms with Gasteiger partial charge < -0.3 is 9.97 Å². The van der Waals surface area contributed by atoms with Gasteiger partial charge in [-0.25, -0.2) is 0 Å². The molecule has 0 aliphatic heterocycles. The number of hydrogen-bond donors (Lipinski definition) is 2. The fourth-order valence-electron chi connectivity index (χ4n) is 0.832. The Labute approximate surface area is 65.7 Å². The molecule has 0 saturated heterocycles. The molecule has 0 unspecified atom stereocenters. The van der Waals surface area contributed by atoms with E-state index in [0.717, 1.165) is 11.2 Å². The minimum Gasteiger partial charge on any atom is -0.337 e. The minimum absolute atomic E-state index is 0.577. The Kier molecular flexibility index (Phi) is 2.27. The molecule has 1 rings (SSSR count).